The van der Waals surface area contributed by atoms with Gasteiger partial charge in [0, 0.05) is 19.2 Å². The third-order valence-corrected chi connectivity index (χ3v) is 5.93. The van der Waals surface area contributed by atoms with E-state index in [4.69, 9.17) is 9.47 Å². The molecule has 0 fully saturated rings. The molecule has 10 heteroatoms. The van der Waals surface area contributed by atoms with Gasteiger partial charge in [-0.05, 0) is 55.5 Å². The summed E-state index contributed by atoms with van der Waals surface area (Å²) in [6.07, 6.45) is 0. The zero-order valence-corrected chi connectivity index (χ0v) is 17.8. The van der Waals surface area contributed by atoms with E-state index >= 15 is 0 Å². The summed E-state index contributed by atoms with van der Waals surface area (Å²) in [6.45, 7) is 2.47. The van der Waals surface area contributed by atoms with Crippen LogP contribution in [-0.4, -0.2) is 43.0 Å². The van der Waals surface area contributed by atoms with E-state index in [2.05, 4.69) is 9.82 Å². The van der Waals surface area contributed by atoms with Gasteiger partial charge in [0.05, 0.1) is 25.2 Å². The highest BCUT2D eigenvalue weighted by Gasteiger charge is 2.16. The van der Waals surface area contributed by atoms with Gasteiger partial charge < -0.3 is 9.47 Å². The topological polar surface area (TPSA) is 104 Å². The normalized spacial score (nSPS) is 11.4. The van der Waals surface area contributed by atoms with Gasteiger partial charge in [-0.2, -0.15) is 0 Å². The second-order valence-corrected chi connectivity index (χ2v) is 8.19. The third kappa shape index (κ3) is 4.71. The first-order valence-corrected chi connectivity index (χ1v) is 10.8. The first-order chi connectivity index (χ1) is 14.4. The predicted octanol–water partition coefficient (Wildman–Crippen LogP) is 1.63. The molecule has 0 saturated heterocycles. The molecule has 0 bridgehead atoms. The van der Waals surface area contributed by atoms with Crippen LogP contribution in [0, 0.1) is 0 Å². The molecule has 1 heterocycles. The summed E-state index contributed by atoms with van der Waals surface area (Å²) in [5, 5.41) is 4.33. The lowest BCUT2D eigenvalue weighted by atomic mass is 10.2. The minimum atomic E-state index is -3.71. The summed E-state index contributed by atoms with van der Waals surface area (Å²) >= 11 is 0. The number of ether oxygens (including phenoxy) is 2. The van der Waals surface area contributed by atoms with Crippen LogP contribution in [0.5, 0.6) is 11.5 Å². The van der Waals surface area contributed by atoms with E-state index in [0.717, 1.165) is 5.56 Å². The lowest BCUT2D eigenvalue weighted by Gasteiger charge is -2.08. The molecular weight excluding hydrogens is 408 g/mol. The van der Waals surface area contributed by atoms with Crippen LogP contribution in [0.15, 0.2) is 58.2 Å². The second kappa shape index (κ2) is 9.14. The van der Waals surface area contributed by atoms with E-state index in [0.29, 0.717) is 23.9 Å². The van der Waals surface area contributed by atoms with Crippen LogP contribution in [0.25, 0.3) is 11.4 Å². The molecular formula is C20H24N4O5S. The maximum atomic E-state index is 12.5. The Morgan fingerprint density at radius 1 is 1.03 bits per heavy atom. The first kappa shape index (κ1) is 21.6. The highest BCUT2D eigenvalue weighted by Crippen LogP contribution is 2.19. The number of nitrogens with one attached hydrogen (secondary N) is 1. The van der Waals surface area contributed by atoms with Crippen molar-refractivity contribution in [2.75, 3.05) is 20.3 Å². The molecule has 160 valence electrons. The quantitative estimate of drug-likeness (QED) is 0.551. The Hall–Kier alpha value is -3.11. The van der Waals surface area contributed by atoms with Gasteiger partial charge in [-0.15, -0.1) is 5.10 Å². The number of aromatic nitrogens is 3. The van der Waals surface area contributed by atoms with Gasteiger partial charge in [0.1, 0.15) is 11.5 Å². The van der Waals surface area contributed by atoms with Crippen molar-refractivity contribution in [3.05, 3.63) is 59.0 Å². The van der Waals surface area contributed by atoms with Crippen LogP contribution in [0.2, 0.25) is 0 Å². The maximum absolute atomic E-state index is 12.5. The molecule has 2 aromatic carbocycles. The van der Waals surface area contributed by atoms with Gasteiger partial charge in [0.15, 0.2) is 5.82 Å². The van der Waals surface area contributed by atoms with Crippen molar-refractivity contribution < 1.29 is 17.9 Å². The Bertz CT molecular complexity index is 1150. The number of hydrogen-bond donors (Lipinski definition) is 1. The van der Waals surface area contributed by atoms with Gasteiger partial charge in [-0.3, -0.25) is 4.57 Å². The molecule has 1 N–H and O–H groups in total. The average Bonchev–Trinajstić information content (AvgIpc) is 3.03. The van der Waals surface area contributed by atoms with Gasteiger partial charge in [0.2, 0.25) is 10.0 Å². The number of rotatable bonds is 9. The van der Waals surface area contributed by atoms with E-state index in [1.165, 1.54) is 21.4 Å². The van der Waals surface area contributed by atoms with Gasteiger partial charge in [-0.25, -0.2) is 22.6 Å². The van der Waals surface area contributed by atoms with Gasteiger partial charge >= 0.3 is 5.69 Å². The lowest BCUT2D eigenvalue weighted by Crippen LogP contribution is -2.31. The minimum Gasteiger partial charge on any atom is -0.497 e. The summed E-state index contributed by atoms with van der Waals surface area (Å²) in [5.74, 6) is 1.78. The Balaban J connectivity index is 1.69. The van der Waals surface area contributed by atoms with Crippen molar-refractivity contribution >= 4 is 10.0 Å². The number of sulfonamides is 1. The summed E-state index contributed by atoms with van der Waals surface area (Å²) in [5.41, 5.74) is 0.421. The molecule has 0 aliphatic carbocycles. The first-order valence-electron chi connectivity index (χ1n) is 9.36. The van der Waals surface area contributed by atoms with E-state index in [1.54, 1.807) is 50.6 Å². The standard InChI is InChI=1S/C20H24N4O5S/c1-4-29-17-9-11-18(12-10-17)30(26,27)21-13-14-24-20(25)23(2)19(22-24)15-5-7-16(28-3)8-6-15/h5-12,21H,4,13-14H2,1-3H3. The molecule has 0 spiro atoms. The van der Waals surface area contributed by atoms with E-state index in [9.17, 15) is 13.2 Å². The van der Waals surface area contributed by atoms with E-state index in [-0.39, 0.29) is 23.7 Å². The monoisotopic (exact) mass is 432 g/mol. The zero-order chi connectivity index (χ0) is 21.7. The fourth-order valence-electron chi connectivity index (χ4n) is 2.88. The third-order valence-electron chi connectivity index (χ3n) is 4.45. The molecule has 3 rings (SSSR count). The highest BCUT2D eigenvalue weighted by molar-refractivity contribution is 7.89. The molecule has 0 atom stereocenters. The number of benzene rings is 2. The molecule has 0 aliphatic rings. The lowest BCUT2D eigenvalue weighted by molar-refractivity contribution is 0.340. The largest absolute Gasteiger partial charge is 0.497 e. The minimum absolute atomic E-state index is 0.0223. The van der Waals surface area contributed by atoms with Crippen molar-refractivity contribution in [3.63, 3.8) is 0 Å². The summed E-state index contributed by atoms with van der Waals surface area (Å²) in [7, 11) is -0.510. The van der Waals surface area contributed by atoms with Crippen LogP contribution < -0.4 is 19.9 Å². The fraction of sp³-hybridized carbons (Fsp3) is 0.300. The summed E-state index contributed by atoms with van der Waals surface area (Å²) < 4.78 is 40.5. The molecule has 0 radical (unpaired) electrons. The Morgan fingerprint density at radius 3 is 2.27 bits per heavy atom. The molecule has 0 unspecified atom stereocenters. The van der Waals surface area contributed by atoms with Crippen molar-refractivity contribution in [1.29, 1.82) is 0 Å². The number of nitrogens with zero attached hydrogens (tertiary/aromatic N) is 3. The van der Waals surface area contributed by atoms with Crippen molar-refractivity contribution in [1.82, 2.24) is 19.1 Å². The predicted molar refractivity (Wildman–Crippen MR) is 112 cm³/mol. The van der Waals surface area contributed by atoms with Crippen LogP contribution in [0.3, 0.4) is 0 Å². The smallest absolute Gasteiger partial charge is 0.345 e. The second-order valence-electron chi connectivity index (χ2n) is 6.42. The molecule has 9 nitrogen and oxygen atoms in total. The summed E-state index contributed by atoms with van der Waals surface area (Å²) in [6, 6.07) is 13.3. The Labute approximate surface area is 174 Å². The molecule has 0 amide bonds. The van der Waals surface area contributed by atoms with Gasteiger partial charge in [-0.1, -0.05) is 0 Å². The van der Waals surface area contributed by atoms with E-state index < -0.39 is 10.0 Å². The molecule has 0 saturated carbocycles. The van der Waals surface area contributed by atoms with Crippen molar-refractivity contribution in [2.24, 2.45) is 7.05 Å². The highest BCUT2D eigenvalue weighted by atomic mass is 32.2. The zero-order valence-electron chi connectivity index (χ0n) is 17.0. The Morgan fingerprint density at radius 2 is 1.67 bits per heavy atom. The summed E-state index contributed by atoms with van der Waals surface area (Å²) in [4.78, 5) is 12.6. The SMILES string of the molecule is CCOc1ccc(S(=O)(=O)NCCn2nc(-c3ccc(OC)cc3)n(C)c2=O)cc1. The maximum Gasteiger partial charge on any atom is 0.345 e. The number of methoxy groups -OCH3 is 1. The van der Waals surface area contributed by atoms with Crippen molar-refractivity contribution in [3.8, 4) is 22.9 Å². The van der Waals surface area contributed by atoms with Crippen LogP contribution in [0.4, 0.5) is 0 Å². The fourth-order valence-corrected chi connectivity index (χ4v) is 3.90. The van der Waals surface area contributed by atoms with Crippen LogP contribution in [-0.2, 0) is 23.6 Å². The molecule has 30 heavy (non-hydrogen) atoms. The van der Waals surface area contributed by atoms with Crippen LogP contribution >= 0.6 is 0 Å². The Kier molecular flexibility index (Phi) is 6.58. The average molecular weight is 433 g/mol. The molecule has 1 aromatic heterocycles. The number of hydrogen-bond acceptors (Lipinski definition) is 6. The van der Waals surface area contributed by atoms with Crippen LogP contribution in [0.1, 0.15) is 6.92 Å². The molecule has 0 aliphatic heterocycles. The van der Waals surface area contributed by atoms with E-state index in [1.807, 2.05) is 6.92 Å². The van der Waals surface area contributed by atoms with Crippen molar-refractivity contribution in [2.45, 2.75) is 18.4 Å². The molecule has 3 aromatic rings. The van der Waals surface area contributed by atoms with Gasteiger partial charge in [0.25, 0.3) is 0 Å².